The summed E-state index contributed by atoms with van der Waals surface area (Å²) in [7, 11) is 0. The van der Waals surface area contributed by atoms with E-state index in [4.69, 9.17) is 23.2 Å². The first-order valence-corrected chi connectivity index (χ1v) is 8.75. The lowest BCUT2D eigenvalue weighted by Gasteiger charge is -2.14. The van der Waals surface area contributed by atoms with Gasteiger partial charge >= 0.3 is 0 Å². The highest BCUT2D eigenvalue weighted by Crippen LogP contribution is 2.32. The van der Waals surface area contributed by atoms with Gasteiger partial charge in [0.15, 0.2) is 0 Å². The first-order valence-electron chi connectivity index (χ1n) is 8.00. The van der Waals surface area contributed by atoms with Crippen LogP contribution in [0.5, 0.6) is 0 Å². The molecule has 3 aromatic rings. The molecule has 3 aromatic carbocycles. The summed E-state index contributed by atoms with van der Waals surface area (Å²) in [6, 6.07) is 20.0. The van der Waals surface area contributed by atoms with Gasteiger partial charge in [-0.3, -0.25) is 4.79 Å². The van der Waals surface area contributed by atoms with E-state index in [-0.39, 0.29) is 10.6 Å². The molecule has 0 bridgehead atoms. The van der Waals surface area contributed by atoms with E-state index in [1.807, 2.05) is 30.3 Å². The molecular formula is C21H13Cl2FN2O. The summed E-state index contributed by atoms with van der Waals surface area (Å²) < 4.78 is 13.1. The second-order valence-corrected chi connectivity index (χ2v) is 6.60. The molecule has 3 rings (SSSR count). The van der Waals surface area contributed by atoms with Gasteiger partial charge in [0, 0.05) is 10.7 Å². The fourth-order valence-electron chi connectivity index (χ4n) is 2.68. The molecule has 0 fully saturated rings. The lowest BCUT2D eigenvalue weighted by atomic mass is 9.92. The first-order chi connectivity index (χ1) is 13.0. The van der Waals surface area contributed by atoms with Crippen LogP contribution in [0.2, 0.25) is 10.0 Å². The zero-order valence-electron chi connectivity index (χ0n) is 13.9. The molecular weight excluding hydrogens is 386 g/mol. The van der Waals surface area contributed by atoms with E-state index in [9.17, 15) is 14.4 Å². The van der Waals surface area contributed by atoms with Crippen molar-refractivity contribution in [2.45, 2.75) is 5.92 Å². The zero-order chi connectivity index (χ0) is 19.4. The van der Waals surface area contributed by atoms with Gasteiger partial charge in [-0.2, -0.15) is 5.26 Å². The molecule has 27 heavy (non-hydrogen) atoms. The summed E-state index contributed by atoms with van der Waals surface area (Å²) in [6.45, 7) is 0. The van der Waals surface area contributed by atoms with Crippen molar-refractivity contribution in [2.24, 2.45) is 0 Å². The van der Waals surface area contributed by atoms with Crippen molar-refractivity contribution in [3.05, 3.63) is 99.3 Å². The van der Waals surface area contributed by atoms with Crippen LogP contribution in [0.1, 0.15) is 27.4 Å². The van der Waals surface area contributed by atoms with Crippen molar-refractivity contribution in [2.75, 3.05) is 5.32 Å². The van der Waals surface area contributed by atoms with Crippen molar-refractivity contribution in [3.63, 3.8) is 0 Å². The highest BCUT2D eigenvalue weighted by atomic mass is 35.5. The minimum atomic E-state index is -0.521. The molecule has 0 aromatic heterocycles. The van der Waals surface area contributed by atoms with E-state index in [1.165, 1.54) is 6.07 Å². The lowest BCUT2D eigenvalue weighted by molar-refractivity contribution is 0.102. The topological polar surface area (TPSA) is 52.9 Å². The Morgan fingerprint density at radius 3 is 2.37 bits per heavy atom. The number of benzene rings is 3. The molecule has 0 radical (unpaired) electrons. The van der Waals surface area contributed by atoms with E-state index in [0.29, 0.717) is 16.3 Å². The molecule has 6 heteroatoms. The highest BCUT2D eigenvalue weighted by Gasteiger charge is 2.18. The van der Waals surface area contributed by atoms with Gasteiger partial charge in [0.25, 0.3) is 5.91 Å². The normalized spacial score (nSPS) is 11.5. The summed E-state index contributed by atoms with van der Waals surface area (Å²) in [5.74, 6) is -1.52. The van der Waals surface area contributed by atoms with E-state index in [2.05, 4.69) is 11.4 Å². The van der Waals surface area contributed by atoms with Crippen molar-refractivity contribution < 1.29 is 9.18 Å². The quantitative estimate of drug-likeness (QED) is 0.582. The molecule has 0 aliphatic carbocycles. The first kappa shape index (κ1) is 18.9. The second-order valence-electron chi connectivity index (χ2n) is 5.79. The number of nitrogens with one attached hydrogen (secondary N) is 1. The molecule has 1 unspecified atom stereocenters. The molecule has 0 aliphatic heterocycles. The Labute approximate surface area is 166 Å². The van der Waals surface area contributed by atoms with Crippen LogP contribution in [0.25, 0.3) is 0 Å². The van der Waals surface area contributed by atoms with Crippen LogP contribution >= 0.6 is 23.2 Å². The van der Waals surface area contributed by atoms with Gasteiger partial charge in [-0.05, 0) is 41.5 Å². The van der Waals surface area contributed by atoms with Crippen LogP contribution in [0.15, 0.2) is 66.7 Å². The molecule has 0 saturated heterocycles. The van der Waals surface area contributed by atoms with Gasteiger partial charge < -0.3 is 5.32 Å². The van der Waals surface area contributed by atoms with E-state index < -0.39 is 17.6 Å². The lowest BCUT2D eigenvalue weighted by Crippen LogP contribution is -2.13. The average molecular weight is 399 g/mol. The van der Waals surface area contributed by atoms with Crippen LogP contribution in [0.3, 0.4) is 0 Å². The standard InChI is InChI=1S/C21H13Cl2FN2O/c22-19-10-14(24)6-8-17(19)21(27)26-15-7-9-16(20(23)11-15)18(12-25)13-4-2-1-3-5-13/h1-11,18H,(H,26,27). The molecule has 1 N–H and O–H groups in total. The summed E-state index contributed by atoms with van der Waals surface area (Å²) in [5.41, 5.74) is 2.07. The van der Waals surface area contributed by atoms with Crippen LogP contribution in [-0.2, 0) is 0 Å². The van der Waals surface area contributed by atoms with Gasteiger partial charge in [0.05, 0.1) is 22.6 Å². The second kappa shape index (κ2) is 8.22. The zero-order valence-corrected chi connectivity index (χ0v) is 15.4. The molecule has 0 saturated carbocycles. The predicted molar refractivity (Wildman–Crippen MR) is 105 cm³/mol. The molecule has 0 spiro atoms. The summed E-state index contributed by atoms with van der Waals surface area (Å²) in [5, 5.41) is 12.6. The summed E-state index contributed by atoms with van der Waals surface area (Å²) in [4.78, 5) is 12.3. The fraction of sp³-hybridized carbons (Fsp3) is 0.0476. The SMILES string of the molecule is N#CC(c1ccccc1)c1ccc(NC(=O)c2ccc(F)cc2Cl)cc1Cl. The number of carbonyl (C=O) groups excluding carboxylic acids is 1. The van der Waals surface area contributed by atoms with Crippen molar-refractivity contribution in [1.29, 1.82) is 5.26 Å². The van der Waals surface area contributed by atoms with Crippen LogP contribution in [-0.4, -0.2) is 5.91 Å². The number of nitrogens with zero attached hydrogens (tertiary/aromatic N) is 1. The van der Waals surface area contributed by atoms with Gasteiger partial charge in [-0.15, -0.1) is 0 Å². The monoisotopic (exact) mass is 398 g/mol. The number of halogens is 3. The van der Waals surface area contributed by atoms with E-state index in [1.54, 1.807) is 18.2 Å². The molecule has 1 amide bonds. The van der Waals surface area contributed by atoms with Gasteiger partial charge in [-0.1, -0.05) is 59.6 Å². The Morgan fingerprint density at radius 2 is 1.74 bits per heavy atom. The Hall–Kier alpha value is -2.87. The summed E-state index contributed by atoms with van der Waals surface area (Å²) in [6.07, 6.45) is 0. The Kier molecular flexibility index (Phi) is 5.75. The maximum absolute atomic E-state index is 13.1. The Balaban J connectivity index is 1.84. The number of carbonyl (C=O) groups is 1. The van der Waals surface area contributed by atoms with Gasteiger partial charge in [0.1, 0.15) is 5.82 Å². The average Bonchev–Trinajstić information content (AvgIpc) is 2.65. The van der Waals surface area contributed by atoms with Gasteiger partial charge in [-0.25, -0.2) is 4.39 Å². The van der Waals surface area contributed by atoms with E-state index in [0.717, 1.165) is 17.7 Å². The molecule has 134 valence electrons. The van der Waals surface area contributed by atoms with Crippen molar-refractivity contribution >= 4 is 34.8 Å². The third kappa shape index (κ3) is 4.28. The minimum Gasteiger partial charge on any atom is -0.322 e. The number of hydrogen-bond donors (Lipinski definition) is 1. The number of rotatable bonds is 4. The number of anilines is 1. The number of nitriles is 1. The molecule has 0 aliphatic rings. The van der Waals surface area contributed by atoms with Gasteiger partial charge in [0.2, 0.25) is 0 Å². The molecule has 3 nitrogen and oxygen atoms in total. The van der Waals surface area contributed by atoms with Crippen molar-refractivity contribution in [3.8, 4) is 6.07 Å². The van der Waals surface area contributed by atoms with Crippen LogP contribution in [0, 0.1) is 17.1 Å². The molecule has 1 atom stereocenters. The number of hydrogen-bond acceptors (Lipinski definition) is 2. The third-order valence-corrected chi connectivity index (χ3v) is 4.65. The van der Waals surface area contributed by atoms with E-state index >= 15 is 0 Å². The highest BCUT2D eigenvalue weighted by molar-refractivity contribution is 6.34. The third-order valence-electron chi connectivity index (χ3n) is 4.01. The van der Waals surface area contributed by atoms with Crippen LogP contribution in [0.4, 0.5) is 10.1 Å². The summed E-state index contributed by atoms with van der Waals surface area (Å²) >= 11 is 12.3. The largest absolute Gasteiger partial charge is 0.322 e. The maximum atomic E-state index is 13.1. The Bertz CT molecular complexity index is 1030. The minimum absolute atomic E-state index is 0.0174. The number of amides is 1. The van der Waals surface area contributed by atoms with Crippen LogP contribution < -0.4 is 5.32 Å². The maximum Gasteiger partial charge on any atom is 0.257 e. The Morgan fingerprint density at radius 1 is 1.00 bits per heavy atom. The fourth-order valence-corrected chi connectivity index (χ4v) is 3.22. The van der Waals surface area contributed by atoms with Crippen molar-refractivity contribution in [1.82, 2.24) is 0 Å². The molecule has 0 heterocycles. The smallest absolute Gasteiger partial charge is 0.257 e. The predicted octanol–water partition coefficient (Wildman–Crippen LogP) is 6.04.